The standard InChI is InChI=1S/C26H36N2O2S/c1-25(2,3)21-14-19(17-7-8-17)13-20(15-21)22-16-31-23(27-22)18-9-11-28(12-10-18)24(29)30-26(4,5)6/h13-18H,7-12H2,1-6H3. The minimum absolute atomic E-state index is 0.132. The van der Waals surface area contributed by atoms with Gasteiger partial charge in [0.15, 0.2) is 0 Å². The summed E-state index contributed by atoms with van der Waals surface area (Å²) in [5.74, 6) is 1.16. The second-order valence-corrected chi connectivity index (χ2v) is 12.1. The Labute approximate surface area is 191 Å². The third-order valence-corrected chi connectivity index (χ3v) is 7.19. The Bertz CT molecular complexity index is 939. The molecular formula is C26H36N2O2S. The highest BCUT2D eigenvalue weighted by Crippen LogP contribution is 2.43. The maximum absolute atomic E-state index is 12.3. The van der Waals surface area contributed by atoms with E-state index in [0.29, 0.717) is 5.92 Å². The van der Waals surface area contributed by atoms with Gasteiger partial charge < -0.3 is 9.64 Å². The van der Waals surface area contributed by atoms with Crippen LogP contribution in [0.4, 0.5) is 4.79 Å². The molecule has 0 bridgehead atoms. The molecule has 2 aliphatic rings. The number of hydrogen-bond acceptors (Lipinski definition) is 4. The lowest BCUT2D eigenvalue weighted by molar-refractivity contribution is 0.0205. The van der Waals surface area contributed by atoms with Gasteiger partial charge in [-0.05, 0) is 81.0 Å². The molecule has 0 unspecified atom stereocenters. The van der Waals surface area contributed by atoms with Crippen LogP contribution in [0.5, 0.6) is 0 Å². The summed E-state index contributed by atoms with van der Waals surface area (Å²) in [5, 5.41) is 3.42. The van der Waals surface area contributed by atoms with Crippen LogP contribution in [-0.4, -0.2) is 34.7 Å². The molecule has 1 saturated carbocycles. The van der Waals surface area contributed by atoms with Gasteiger partial charge in [-0.3, -0.25) is 0 Å². The normalized spacial score (nSPS) is 18.3. The van der Waals surface area contributed by atoms with E-state index >= 15 is 0 Å². The molecule has 1 aromatic heterocycles. The molecular weight excluding hydrogens is 404 g/mol. The second kappa shape index (κ2) is 8.23. The molecule has 0 atom stereocenters. The van der Waals surface area contributed by atoms with Crippen LogP contribution in [-0.2, 0) is 10.2 Å². The fourth-order valence-corrected chi connectivity index (χ4v) is 5.13. The topological polar surface area (TPSA) is 42.4 Å². The Hall–Kier alpha value is -1.88. The van der Waals surface area contributed by atoms with Crippen molar-refractivity contribution in [2.24, 2.45) is 0 Å². The molecule has 2 fully saturated rings. The van der Waals surface area contributed by atoms with Crippen LogP contribution in [0.25, 0.3) is 11.3 Å². The molecule has 1 aliphatic heterocycles. The lowest BCUT2D eigenvalue weighted by atomic mass is 9.84. The summed E-state index contributed by atoms with van der Waals surface area (Å²) < 4.78 is 5.53. The maximum Gasteiger partial charge on any atom is 0.410 e. The molecule has 2 aromatic rings. The fraction of sp³-hybridized carbons (Fsp3) is 0.615. The minimum atomic E-state index is -0.445. The monoisotopic (exact) mass is 440 g/mol. The van der Waals surface area contributed by atoms with Gasteiger partial charge in [-0.15, -0.1) is 11.3 Å². The summed E-state index contributed by atoms with van der Waals surface area (Å²) in [6.07, 6.45) is 4.32. The SMILES string of the molecule is CC(C)(C)OC(=O)N1CCC(c2nc(-c3cc(C4CC4)cc(C(C)(C)C)c3)cs2)CC1. The summed E-state index contributed by atoms with van der Waals surface area (Å²) in [5.41, 5.74) is 4.91. The first kappa shape index (κ1) is 22.3. The third kappa shape index (κ3) is 5.49. The second-order valence-electron chi connectivity index (χ2n) is 11.2. The predicted octanol–water partition coefficient (Wildman–Crippen LogP) is 7.10. The Balaban J connectivity index is 1.47. The van der Waals surface area contributed by atoms with Gasteiger partial charge in [-0.25, -0.2) is 9.78 Å². The minimum Gasteiger partial charge on any atom is -0.444 e. The Morgan fingerprint density at radius 2 is 1.68 bits per heavy atom. The van der Waals surface area contributed by atoms with Gasteiger partial charge in [-0.1, -0.05) is 26.8 Å². The molecule has 4 nitrogen and oxygen atoms in total. The zero-order valence-electron chi connectivity index (χ0n) is 19.8. The van der Waals surface area contributed by atoms with Gasteiger partial charge in [0.2, 0.25) is 0 Å². The van der Waals surface area contributed by atoms with E-state index in [-0.39, 0.29) is 11.5 Å². The highest BCUT2D eigenvalue weighted by Gasteiger charge is 2.30. The quantitative estimate of drug-likeness (QED) is 0.511. The maximum atomic E-state index is 12.3. The van der Waals surface area contributed by atoms with Gasteiger partial charge in [-0.2, -0.15) is 0 Å². The first-order valence-corrected chi connectivity index (χ1v) is 12.5. The van der Waals surface area contributed by atoms with Crippen molar-refractivity contribution in [1.82, 2.24) is 9.88 Å². The van der Waals surface area contributed by atoms with Crippen molar-refractivity contribution in [2.75, 3.05) is 13.1 Å². The molecule has 168 valence electrons. The van der Waals surface area contributed by atoms with Crippen LogP contribution in [0.3, 0.4) is 0 Å². The third-order valence-electron chi connectivity index (χ3n) is 6.18. The van der Waals surface area contributed by atoms with Gasteiger partial charge in [0, 0.05) is 30.0 Å². The zero-order chi connectivity index (χ0) is 22.4. The van der Waals surface area contributed by atoms with Crippen LogP contribution in [0.1, 0.15) is 95.2 Å². The number of hydrogen-bond donors (Lipinski definition) is 0. The molecule has 1 saturated heterocycles. The lowest BCUT2D eigenvalue weighted by Crippen LogP contribution is -2.41. The average molecular weight is 441 g/mol. The number of aromatic nitrogens is 1. The van der Waals surface area contributed by atoms with Crippen LogP contribution in [0, 0.1) is 0 Å². The van der Waals surface area contributed by atoms with E-state index in [1.165, 1.54) is 34.5 Å². The van der Waals surface area contributed by atoms with Crippen molar-refractivity contribution in [2.45, 2.75) is 90.1 Å². The number of likely N-dealkylation sites (tertiary alicyclic amines) is 1. The van der Waals surface area contributed by atoms with E-state index in [9.17, 15) is 4.79 Å². The molecule has 2 heterocycles. The van der Waals surface area contributed by atoms with Crippen molar-refractivity contribution >= 4 is 17.4 Å². The van der Waals surface area contributed by atoms with Gasteiger partial charge in [0.25, 0.3) is 0 Å². The van der Waals surface area contributed by atoms with Crippen molar-refractivity contribution in [1.29, 1.82) is 0 Å². The summed E-state index contributed by atoms with van der Waals surface area (Å²) >= 11 is 1.77. The van der Waals surface area contributed by atoms with E-state index in [1.54, 1.807) is 11.3 Å². The lowest BCUT2D eigenvalue weighted by Gasteiger charge is -2.32. The predicted molar refractivity (Wildman–Crippen MR) is 128 cm³/mol. The number of piperidine rings is 1. The summed E-state index contributed by atoms with van der Waals surface area (Å²) in [6, 6.07) is 7.09. The summed E-state index contributed by atoms with van der Waals surface area (Å²) in [7, 11) is 0. The van der Waals surface area contributed by atoms with Crippen LogP contribution in [0.2, 0.25) is 0 Å². The Kier molecular flexibility index (Phi) is 5.93. The number of amides is 1. The molecule has 0 N–H and O–H groups in total. The number of thiazole rings is 1. The molecule has 0 spiro atoms. The number of ether oxygens (including phenoxy) is 1. The van der Waals surface area contributed by atoms with Gasteiger partial charge in [0.1, 0.15) is 5.60 Å². The molecule has 1 amide bonds. The number of rotatable bonds is 3. The number of carbonyl (C=O) groups is 1. The van der Waals surface area contributed by atoms with Crippen molar-refractivity contribution in [3.05, 3.63) is 39.7 Å². The Morgan fingerprint density at radius 3 is 2.26 bits per heavy atom. The van der Waals surface area contributed by atoms with E-state index < -0.39 is 5.60 Å². The zero-order valence-corrected chi connectivity index (χ0v) is 20.6. The van der Waals surface area contributed by atoms with Crippen LogP contribution in [0.15, 0.2) is 23.6 Å². The van der Waals surface area contributed by atoms with Crippen molar-refractivity contribution in [3.63, 3.8) is 0 Å². The van der Waals surface area contributed by atoms with E-state index in [1.807, 2.05) is 25.7 Å². The highest BCUT2D eigenvalue weighted by atomic mass is 32.1. The van der Waals surface area contributed by atoms with Crippen molar-refractivity contribution in [3.8, 4) is 11.3 Å². The number of carbonyl (C=O) groups excluding carboxylic acids is 1. The molecule has 0 radical (unpaired) electrons. The summed E-state index contributed by atoms with van der Waals surface area (Å²) in [4.78, 5) is 19.2. The van der Waals surface area contributed by atoms with Gasteiger partial charge >= 0.3 is 6.09 Å². The smallest absolute Gasteiger partial charge is 0.410 e. The molecule has 1 aromatic carbocycles. The average Bonchev–Trinajstić information content (AvgIpc) is 3.42. The molecule has 31 heavy (non-hydrogen) atoms. The molecule has 5 heteroatoms. The molecule has 1 aliphatic carbocycles. The van der Waals surface area contributed by atoms with Crippen LogP contribution >= 0.6 is 11.3 Å². The fourth-order valence-electron chi connectivity index (χ4n) is 4.13. The van der Waals surface area contributed by atoms with E-state index in [0.717, 1.165) is 37.5 Å². The largest absolute Gasteiger partial charge is 0.444 e. The van der Waals surface area contributed by atoms with E-state index in [2.05, 4.69) is 44.4 Å². The molecule has 4 rings (SSSR count). The number of benzene rings is 1. The number of nitrogens with zero attached hydrogens (tertiary/aromatic N) is 2. The highest BCUT2D eigenvalue weighted by molar-refractivity contribution is 7.10. The van der Waals surface area contributed by atoms with Crippen LogP contribution < -0.4 is 0 Å². The van der Waals surface area contributed by atoms with Gasteiger partial charge in [0.05, 0.1) is 10.7 Å². The first-order chi connectivity index (χ1) is 14.5. The Morgan fingerprint density at radius 1 is 1.00 bits per heavy atom. The van der Waals surface area contributed by atoms with E-state index in [4.69, 9.17) is 9.72 Å². The first-order valence-electron chi connectivity index (χ1n) is 11.6. The van der Waals surface area contributed by atoms with Crippen molar-refractivity contribution < 1.29 is 9.53 Å². The summed E-state index contributed by atoms with van der Waals surface area (Å²) in [6.45, 7) is 14.1.